The van der Waals surface area contributed by atoms with Gasteiger partial charge >= 0.3 is 0 Å². The van der Waals surface area contributed by atoms with Crippen LogP contribution in [0.1, 0.15) is 0 Å². The Balaban J connectivity index is 2.24. The van der Waals surface area contributed by atoms with Crippen molar-refractivity contribution in [3.63, 3.8) is 0 Å². The zero-order valence-corrected chi connectivity index (χ0v) is 7.50. The van der Waals surface area contributed by atoms with E-state index in [2.05, 4.69) is 0 Å². The molecule has 1 rings (SSSR count). The van der Waals surface area contributed by atoms with Crippen molar-refractivity contribution >= 4 is 6.29 Å². The molecule has 0 saturated heterocycles. The van der Waals surface area contributed by atoms with E-state index in [9.17, 15) is 4.79 Å². The van der Waals surface area contributed by atoms with Crippen molar-refractivity contribution in [3.8, 4) is 5.95 Å². The van der Waals surface area contributed by atoms with Gasteiger partial charge in [0.2, 0.25) is 0 Å². The molecule has 1 heterocycles. The predicted octanol–water partition coefficient (Wildman–Crippen LogP) is 2.48. The third-order valence-corrected chi connectivity index (χ3v) is 1.28. The number of aldehydes is 1. The van der Waals surface area contributed by atoms with E-state index in [4.69, 9.17) is 9.15 Å². The Bertz CT molecular complexity index is 331. The van der Waals surface area contributed by atoms with Crippen molar-refractivity contribution in [1.29, 1.82) is 0 Å². The maximum Gasteiger partial charge on any atom is 0.289 e. The molecule has 0 fully saturated rings. The monoisotopic (exact) mass is 190 g/mol. The Kier molecular flexibility index (Phi) is 4.65. The lowest BCUT2D eigenvalue weighted by atomic mass is 10.4. The highest BCUT2D eigenvalue weighted by Gasteiger charge is 1.88. The van der Waals surface area contributed by atoms with Crippen LogP contribution in [-0.2, 0) is 4.79 Å². The first-order valence-electron chi connectivity index (χ1n) is 4.07. The number of hydrogen-bond donors (Lipinski definition) is 0. The number of ether oxygens (including phenoxy) is 1. The quantitative estimate of drug-likeness (QED) is 0.310. The van der Waals surface area contributed by atoms with Crippen LogP contribution < -0.4 is 4.74 Å². The first-order valence-corrected chi connectivity index (χ1v) is 4.07. The molecular weight excluding hydrogens is 180 g/mol. The van der Waals surface area contributed by atoms with E-state index in [-0.39, 0.29) is 0 Å². The van der Waals surface area contributed by atoms with Gasteiger partial charge in [-0.25, -0.2) is 0 Å². The lowest BCUT2D eigenvalue weighted by Crippen LogP contribution is -1.75. The van der Waals surface area contributed by atoms with E-state index < -0.39 is 0 Å². The molecule has 0 N–H and O–H groups in total. The molecule has 1 aromatic heterocycles. The van der Waals surface area contributed by atoms with Crippen molar-refractivity contribution in [3.05, 3.63) is 55.0 Å². The average molecular weight is 190 g/mol. The van der Waals surface area contributed by atoms with E-state index in [1.807, 2.05) is 0 Å². The van der Waals surface area contributed by atoms with Gasteiger partial charge in [0.05, 0.1) is 12.5 Å². The maximum atomic E-state index is 9.87. The summed E-state index contributed by atoms with van der Waals surface area (Å²) in [6, 6.07) is 3.45. The molecule has 14 heavy (non-hydrogen) atoms. The summed E-state index contributed by atoms with van der Waals surface area (Å²) in [5, 5.41) is 0. The third kappa shape index (κ3) is 4.11. The summed E-state index contributed by atoms with van der Waals surface area (Å²) in [5.74, 6) is 0.443. The molecule has 0 amide bonds. The van der Waals surface area contributed by atoms with Crippen LogP contribution in [0, 0.1) is 0 Å². The lowest BCUT2D eigenvalue weighted by molar-refractivity contribution is -0.104. The number of rotatable bonds is 5. The topological polar surface area (TPSA) is 39.4 Å². The molecule has 0 aliphatic heterocycles. The number of carbonyl (C=O) groups is 1. The van der Waals surface area contributed by atoms with Crippen molar-refractivity contribution < 1.29 is 13.9 Å². The van der Waals surface area contributed by atoms with Crippen LogP contribution in [0.4, 0.5) is 0 Å². The number of furan rings is 1. The second kappa shape index (κ2) is 6.48. The fourth-order valence-electron chi connectivity index (χ4n) is 0.720. The fraction of sp³-hybridized carbons (Fsp3) is 0. The molecule has 0 aliphatic rings. The molecule has 0 spiro atoms. The van der Waals surface area contributed by atoms with E-state index in [0.29, 0.717) is 12.2 Å². The molecule has 0 radical (unpaired) electrons. The average Bonchev–Trinajstić information content (AvgIpc) is 2.69. The summed E-state index contributed by atoms with van der Waals surface area (Å²) in [7, 11) is 0. The van der Waals surface area contributed by atoms with E-state index >= 15 is 0 Å². The Morgan fingerprint density at radius 3 is 2.64 bits per heavy atom. The molecule has 0 saturated carbocycles. The maximum absolute atomic E-state index is 9.87. The molecule has 3 heteroatoms. The molecule has 72 valence electrons. The van der Waals surface area contributed by atoms with Crippen LogP contribution in [0.3, 0.4) is 0 Å². The summed E-state index contributed by atoms with van der Waals surface area (Å²) in [5.41, 5.74) is 0. The van der Waals surface area contributed by atoms with Gasteiger partial charge in [-0.1, -0.05) is 18.2 Å². The molecule has 0 aliphatic carbocycles. The molecule has 0 bridgehead atoms. The third-order valence-electron chi connectivity index (χ3n) is 1.28. The van der Waals surface area contributed by atoms with Gasteiger partial charge in [-0.15, -0.1) is 0 Å². The Morgan fingerprint density at radius 1 is 1.14 bits per heavy atom. The van der Waals surface area contributed by atoms with Crippen LogP contribution in [-0.4, -0.2) is 6.29 Å². The first-order chi connectivity index (χ1) is 6.93. The Morgan fingerprint density at radius 2 is 1.93 bits per heavy atom. The second-order valence-electron chi connectivity index (χ2n) is 2.28. The smallest absolute Gasteiger partial charge is 0.289 e. The van der Waals surface area contributed by atoms with Crippen molar-refractivity contribution in [1.82, 2.24) is 0 Å². The van der Waals surface area contributed by atoms with Crippen LogP contribution >= 0.6 is 0 Å². The van der Waals surface area contributed by atoms with Crippen molar-refractivity contribution in [2.75, 3.05) is 0 Å². The normalized spacial score (nSPS) is 11.7. The van der Waals surface area contributed by atoms with Crippen LogP contribution in [0.5, 0.6) is 5.95 Å². The van der Waals surface area contributed by atoms with Gasteiger partial charge in [-0.2, -0.15) is 0 Å². The fourth-order valence-corrected chi connectivity index (χ4v) is 0.720. The highest BCUT2D eigenvalue weighted by molar-refractivity contribution is 5.65. The minimum Gasteiger partial charge on any atom is -0.434 e. The van der Waals surface area contributed by atoms with Crippen molar-refractivity contribution in [2.45, 2.75) is 0 Å². The van der Waals surface area contributed by atoms with Gasteiger partial charge in [0.15, 0.2) is 0 Å². The van der Waals surface area contributed by atoms with E-state index in [0.717, 1.165) is 0 Å². The van der Waals surface area contributed by atoms with Crippen LogP contribution in [0.2, 0.25) is 0 Å². The zero-order chi connectivity index (χ0) is 10.1. The van der Waals surface area contributed by atoms with Gasteiger partial charge < -0.3 is 9.15 Å². The largest absolute Gasteiger partial charge is 0.434 e. The minimum absolute atomic E-state index is 0.443. The summed E-state index contributed by atoms with van der Waals surface area (Å²) in [4.78, 5) is 9.87. The summed E-state index contributed by atoms with van der Waals surface area (Å²) in [6.45, 7) is 0. The molecule has 1 aromatic rings. The molecule has 0 unspecified atom stereocenters. The number of hydrogen-bond acceptors (Lipinski definition) is 3. The number of carbonyl (C=O) groups excluding carboxylic acids is 1. The van der Waals surface area contributed by atoms with Gasteiger partial charge in [0, 0.05) is 6.07 Å². The second-order valence-corrected chi connectivity index (χ2v) is 2.28. The van der Waals surface area contributed by atoms with E-state index in [1.165, 1.54) is 18.6 Å². The summed E-state index contributed by atoms with van der Waals surface area (Å²) < 4.78 is 9.98. The van der Waals surface area contributed by atoms with Crippen LogP contribution in [0.25, 0.3) is 0 Å². The molecule has 3 nitrogen and oxygen atoms in total. The Labute approximate surface area is 82.0 Å². The first kappa shape index (κ1) is 10.1. The minimum atomic E-state index is 0.443. The van der Waals surface area contributed by atoms with Gasteiger partial charge in [-0.05, 0) is 18.2 Å². The number of allylic oxidation sites excluding steroid dienone is 5. The zero-order valence-electron chi connectivity index (χ0n) is 7.50. The molecule has 0 aromatic carbocycles. The standard InChI is InChI=1S/C11H10O3/c12-8-4-2-1-3-5-9-13-11-7-6-10-14-11/h1-10H. The Hall–Kier alpha value is -2.03. The highest BCUT2D eigenvalue weighted by Crippen LogP contribution is 2.09. The van der Waals surface area contributed by atoms with E-state index in [1.54, 1.807) is 36.4 Å². The lowest BCUT2D eigenvalue weighted by Gasteiger charge is -1.89. The highest BCUT2D eigenvalue weighted by atomic mass is 16.6. The van der Waals surface area contributed by atoms with Gasteiger partial charge in [0.1, 0.15) is 6.29 Å². The van der Waals surface area contributed by atoms with Crippen molar-refractivity contribution in [2.24, 2.45) is 0 Å². The van der Waals surface area contributed by atoms with Gasteiger partial charge in [0.25, 0.3) is 5.95 Å². The molecular formula is C11H10O3. The summed E-state index contributed by atoms with van der Waals surface area (Å²) >= 11 is 0. The predicted molar refractivity (Wildman–Crippen MR) is 52.8 cm³/mol. The van der Waals surface area contributed by atoms with Crippen LogP contribution in [0.15, 0.2) is 59.5 Å². The van der Waals surface area contributed by atoms with Gasteiger partial charge in [-0.3, -0.25) is 4.79 Å². The molecule has 0 atom stereocenters. The SMILES string of the molecule is O=CC=CC=CC=COc1ccco1. The summed E-state index contributed by atoms with van der Waals surface area (Å²) in [6.07, 6.45) is 11.9.